The van der Waals surface area contributed by atoms with Gasteiger partial charge in [0, 0.05) is 29.6 Å². The number of azide groups is 1. The Morgan fingerprint density at radius 1 is 1.37 bits per heavy atom. The summed E-state index contributed by atoms with van der Waals surface area (Å²) in [6.07, 6.45) is 3.39. The number of fused-ring (bicyclic) bond motifs is 1. The molecule has 0 spiro atoms. The lowest BCUT2D eigenvalue weighted by molar-refractivity contribution is 0.0954. The number of carbonyl (C=O) groups is 1. The second kappa shape index (κ2) is 6.47. The first-order valence-corrected chi connectivity index (χ1v) is 6.18. The van der Waals surface area contributed by atoms with Gasteiger partial charge in [-0.3, -0.25) is 4.79 Å². The van der Waals surface area contributed by atoms with Gasteiger partial charge in [-0.15, -0.1) is 0 Å². The summed E-state index contributed by atoms with van der Waals surface area (Å²) in [5.41, 5.74) is 9.63. The molecule has 0 aliphatic rings. The van der Waals surface area contributed by atoms with Crippen molar-refractivity contribution >= 4 is 16.8 Å². The number of hydrogen-bond acceptors (Lipinski definition) is 2. The molecular weight excluding hydrogens is 242 g/mol. The van der Waals surface area contributed by atoms with Gasteiger partial charge in [-0.25, -0.2) is 0 Å². The van der Waals surface area contributed by atoms with Gasteiger partial charge in [0.05, 0.1) is 11.1 Å². The number of aromatic amines is 1. The second-order valence-electron chi connectivity index (χ2n) is 4.16. The third-order valence-electron chi connectivity index (χ3n) is 2.87. The molecule has 6 heteroatoms. The van der Waals surface area contributed by atoms with E-state index in [-0.39, 0.29) is 5.91 Å². The normalized spacial score (nSPS) is 10.1. The van der Waals surface area contributed by atoms with Crippen LogP contribution in [0.4, 0.5) is 0 Å². The van der Waals surface area contributed by atoms with E-state index in [9.17, 15) is 4.79 Å². The van der Waals surface area contributed by atoms with Crippen LogP contribution in [0.3, 0.4) is 0 Å². The van der Waals surface area contributed by atoms with Gasteiger partial charge >= 0.3 is 0 Å². The molecular formula is C13H15N5O. The van der Waals surface area contributed by atoms with Crippen LogP contribution < -0.4 is 5.32 Å². The first kappa shape index (κ1) is 13.0. The van der Waals surface area contributed by atoms with Gasteiger partial charge < -0.3 is 10.3 Å². The summed E-state index contributed by atoms with van der Waals surface area (Å²) >= 11 is 0. The summed E-state index contributed by atoms with van der Waals surface area (Å²) in [6, 6.07) is 7.56. The molecule has 0 aliphatic heterocycles. The molecule has 2 rings (SSSR count). The molecule has 2 aromatic rings. The smallest absolute Gasteiger partial charge is 0.253 e. The molecule has 1 heterocycles. The standard InChI is InChI=1S/C13H15N5O/c14-18-17-8-2-1-7-16-13(19)11-5-3-4-10-6-9-15-12(10)11/h3-6,9,15H,1-2,7-8H2,(H,16,19). The van der Waals surface area contributed by atoms with Crippen LogP contribution in [-0.2, 0) is 0 Å². The van der Waals surface area contributed by atoms with Crippen LogP contribution in [0, 0.1) is 0 Å². The number of carbonyl (C=O) groups excluding carboxylic acids is 1. The highest BCUT2D eigenvalue weighted by molar-refractivity contribution is 6.05. The molecule has 2 N–H and O–H groups in total. The summed E-state index contributed by atoms with van der Waals surface area (Å²) in [5, 5.41) is 7.33. The van der Waals surface area contributed by atoms with E-state index in [2.05, 4.69) is 20.3 Å². The Balaban J connectivity index is 1.89. The van der Waals surface area contributed by atoms with Crippen molar-refractivity contribution < 1.29 is 4.79 Å². The zero-order valence-electron chi connectivity index (χ0n) is 10.5. The minimum Gasteiger partial charge on any atom is -0.361 e. The molecule has 1 aromatic carbocycles. The number of nitrogens with zero attached hydrogens (tertiary/aromatic N) is 3. The van der Waals surface area contributed by atoms with Crippen LogP contribution >= 0.6 is 0 Å². The maximum absolute atomic E-state index is 12.0. The second-order valence-corrected chi connectivity index (χ2v) is 4.16. The predicted molar refractivity (Wildman–Crippen MR) is 73.9 cm³/mol. The van der Waals surface area contributed by atoms with Crippen molar-refractivity contribution in [3.05, 3.63) is 46.5 Å². The van der Waals surface area contributed by atoms with Gasteiger partial charge in [0.2, 0.25) is 0 Å². The van der Waals surface area contributed by atoms with Crippen molar-refractivity contribution in [2.24, 2.45) is 5.11 Å². The summed E-state index contributed by atoms with van der Waals surface area (Å²) in [6.45, 7) is 1.05. The van der Waals surface area contributed by atoms with E-state index in [4.69, 9.17) is 5.53 Å². The summed E-state index contributed by atoms with van der Waals surface area (Å²) in [4.78, 5) is 17.8. The van der Waals surface area contributed by atoms with Crippen molar-refractivity contribution in [1.29, 1.82) is 0 Å². The van der Waals surface area contributed by atoms with Gasteiger partial charge in [0.15, 0.2) is 0 Å². The predicted octanol–water partition coefficient (Wildman–Crippen LogP) is 2.99. The number of para-hydroxylation sites is 1. The number of aromatic nitrogens is 1. The van der Waals surface area contributed by atoms with Crippen LogP contribution in [0.5, 0.6) is 0 Å². The SMILES string of the molecule is [N-]=[N+]=NCCCCNC(=O)c1cccc2cc[nH]c12. The fourth-order valence-corrected chi connectivity index (χ4v) is 1.92. The molecule has 1 amide bonds. The maximum atomic E-state index is 12.0. The minimum absolute atomic E-state index is 0.0863. The first-order valence-electron chi connectivity index (χ1n) is 6.18. The van der Waals surface area contributed by atoms with E-state index < -0.39 is 0 Å². The number of benzene rings is 1. The number of nitrogens with one attached hydrogen (secondary N) is 2. The molecule has 0 bridgehead atoms. The fraction of sp³-hybridized carbons (Fsp3) is 0.308. The third-order valence-corrected chi connectivity index (χ3v) is 2.87. The van der Waals surface area contributed by atoms with Crippen molar-refractivity contribution in [3.63, 3.8) is 0 Å². The minimum atomic E-state index is -0.0863. The number of amides is 1. The molecule has 0 saturated carbocycles. The number of rotatable bonds is 6. The van der Waals surface area contributed by atoms with Gasteiger partial charge in [0.25, 0.3) is 5.91 Å². The Bertz CT molecular complexity index is 612. The van der Waals surface area contributed by atoms with Crippen LogP contribution in [0.1, 0.15) is 23.2 Å². The lowest BCUT2D eigenvalue weighted by Gasteiger charge is -2.05. The molecule has 98 valence electrons. The fourth-order valence-electron chi connectivity index (χ4n) is 1.92. The molecule has 6 nitrogen and oxygen atoms in total. The third kappa shape index (κ3) is 3.26. The van der Waals surface area contributed by atoms with E-state index >= 15 is 0 Å². The Morgan fingerprint density at radius 3 is 3.11 bits per heavy atom. The van der Waals surface area contributed by atoms with Gasteiger partial charge in [-0.2, -0.15) is 0 Å². The zero-order valence-corrected chi connectivity index (χ0v) is 10.5. The van der Waals surface area contributed by atoms with Crippen LogP contribution in [0.15, 0.2) is 35.6 Å². The van der Waals surface area contributed by atoms with Crippen LogP contribution in [0.2, 0.25) is 0 Å². The molecule has 0 atom stereocenters. The van der Waals surface area contributed by atoms with E-state index in [0.717, 1.165) is 23.7 Å². The van der Waals surface area contributed by atoms with E-state index in [1.165, 1.54) is 0 Å². The number of unbranched alkanes of at least 4 members (excludes halogenated alkanes) is 1. The number of hydrogen-bond donors (Lipinski definition) is 2. The molecule has 19 heavy (non-hydrogen) atoms. The lowest BCUT2D eigenvalue weighted by Crippen LogP contribution is -2.24. The Labute approximate surface area is 110 Å². The topological polar surface area (TPSA) is 93.7 Å². The quantitative estimate of drug-likeness (QED) is 0.354. The lowest BCUT2D eigenvalue weighted by atomic mass is 10.1. The Hall–Kier alpha value is -2.46. The van der Waals surface area contributed by atoms with Crippen molar-refractivity contribution in [1.82, 2.24) is 10.3 Å². The maximum Gasteiger partial charge on any atom is 0.253 e. The van der Waals surface area contributed by atoms with Crippen molar-refractivity contribution in [2.75, 3.05) is 13.1 Å². The molecule has 0 unspecified atom stereocenters. The Morgan fingerprint density at radius 2 is 2.26 bits per heavy atom. The van der Waals surface area contributed by atoms with Crippen LogP contribution in [0.25, 0.3) is 21.3 Å². The van der Waals surface area contributed by atoms with Crippen molar-refractivity contribution in [3.8, 4) is 0 Å². The monoisotopic (exact) mass is 257 g/mol. The molecule has 0 fully saturated rings. The molecule has 0 saturated heterocycles. The van der Waals surface area contributed by atoms with E-state index in [1.54, 1.807) is 6.07 Å². The highest BCUT2D eigenvalue weighted by Gasteiger charge is 2.09. The number of H-pyrrole nitrogens is 1. The molecule has 1 aromatic heterocycles. The van der Waals surface area contributed by atoms with E-state index in [1.807, 2.05) is 24.4 Å². The average Bonchev–Trinajstić information content (AvgIpc) is 2.90. The molecule has 0 aliphatic carbocycles. The Kier molecular flexibility index (Phi) is 4.42. The van der Waals surface area contributed by atoms with E-state index in [0.29, 0.717) is 18.7 Å². The first-order chi connectivity index (χ1) is 9.33. The summed E-state index contributed by atoms with van der Waals surface area (Å²) < 4.78 is 0. The highest BCUT2D eigenvalue weighted by Crippen LogP contribution is 2.16. The summed E-state index contributed by atoms with van der Waals surface area (Å²) in [5.74, 6) is -0.0863. The average molecular weight is 257 g/mol. The summed E-state index contributed by atoms with van der Waals surface area (Å²) in [7, 11) is 0. The highest BCUT2D eigenvalue weighted by atomic mass is 16.1. The largest absolute Gasteiger partial charge is 0.361 e. The molecule has 0 radical (unpaired) electrons. The van der Waals surface area contributed by atoms with Gasteiger partial charge in [-0.1, -0.05) is 17.2 Å². The van der Waals surface area contributed by atoms with Crippen LogP contribution in [-0.4, -0.2) is 24.0 Å². The zero-order chi connectivity index (χ0) is 13.5. The van der Waals surface area contributed by atoms with Crippen molar-refractivity contribution in [2.45, 2.75) is 12.8 Å². The van der Waals surface area contributed by atoms with Gasteiger partial charge in [0.1, 0.15) is 0 Å². The van der Waals surface area contributed by atoms with Gasteiger partial charge in [-0.05, 0) is 30.5 Å².